The fourth-order valence-electron chi connectivity index (χ4n) is 2.65. The summed E-state index contributed by atoms with van der Waals surface area (Å²) in [6.07, 6.45) is 2.89. The molecule has 5 heteroatoms. The molecule has 2 rings (SSSR count). The van der Waals surface area contributed by atoms with Crippen LogP contribution < -0.4 is 5.32 Å². The number of carboxylic acids is 1. The van der Waals surface area contributed by atoms with E-state index in [1.165, 1.54) is 0 Å². The maximum Gasteiger partial charge on any atom is 0.335 e. The number of rotatable bonds is 1. The number of aliphatic carboxylic acids is 1. The van der Waals surface area contributed by atoms with Crippen molar-refractivity contribution >= 4 is 18.4 Å². The summed E-state index contributed by atoms with van der Waals surface area (Å²) in [5.41, 5.74) is -1.30. The molecule has 14 heavy (non-hydrogen) atoms. The Morgan fingerprint density at radius 2 is 1.71 bits per heavy atom. The van der Waals surface area contributed by atoms with Crippen molar-refractivity contribution in [2.24, 2.45) is 5.41 Å². The number of nitrogens with one attached hydrogen (secondary N) is 1. The zero-order valence-corrected chi connectivity index (χ0v) is 8.77. The SMILES string of the molecule is Cl.O=C(O)C1(O)CC2(CCNCC2)C1. The molecule has 1 aliphatic carbocycles. The van der Waals surface area contributed by atoms with Crippen LogP contribution >= 0.6 is 12.4 Å². The van der Waals surface area contributed by atoms with Gasteiger partial charge in [0.2, 0.25) is 0 Å². The van der Waals surface area contributed by atoms with Crippen molar-refractivity contribution in [3.8, 4) is 0 Å². The van der Waals surface area contributed by atoms with Gasteiger partial charge in [-0.25, -0.2) is 4.79 Å². The highest BCUT2D eigenvalue weighted by Crippen LogP contribution is 2.53. The molecule has 2 aliphatic rings. The lowest BCUT2D eigenvalue weighted by molar-refractivity contribution is -0.190. The lowest BCUT2D eigenvalue weighted by Gasteiger charge is -2.53. The zero-order valence-electron chi connectivity index (χ0n) is 7.95. The van der Waals surface area contributed by atoms with Crippen LogP contribution in [0.25, 0.3) is 0 Å². The van der Waals surface area contributed by atoms with Gasteiger partial charge in [-0.15, -0.1) is 12.4 Å². The van der Waals surface area contributed by atoms with Crippen molar-refractivity contribution in [2.45, 2.75) is 31.3 Å². The van der Waals surface area contributed by atoms with E-state index in [2.05, 4.69) is 5.32 Å². The Morgan fingerprint density at radius 1 is 1.21 bits per heavy atom. The molecule has 2 fully saturated rings. The Bertz CT molecular complexity index is 230. The number of hydrogen-bond acceptors (Lipinski definition) is 3. The molecule has 0 atom stereocenters. The second kappa shape index (κ2) is 3.68. The Balaban J connectivity index is 0.000000980. The van der Waals surface area contributed by atoms with Crippen LogP contribution in [0.4, 0.5) is 0 Å². The number of halogens is 1. The fourth-order valence-corrected chi connectivity index (χ4v) is 2.65. The van der Waals surface area contributed by atoms with Gasteiger partial charge in [0.15, 0.2) is 5.60 Å². The molecule has 4 nitrogen and oxygen atoms in total. The minimum atomic E-state index is -1.42. The molecule has 82 valence electrons. The molecular weight excluding hydrogens is 206 g/mol. The van der Waals surface area contributed by atoms with E-state index in [1.807, 2.05) is 0 Å². The first-order valence-electron chi connectivity index (χ1n) is 4.73. The van der Waals surface area contributed by atoms with Crippen molar-refractivity contribution in [2.75, 3.05) is 13.1 Å². The number of carbonyl (C=O) groups is 1. The van der Waals surface area contributed by atoms with Crippen molar-refractivity contribution in [1.82, 2.24) is 5.32 Å². The first-order valence-corrected chi connectivity index (χ1v) is 4.73. The molecule has 0 radical (unpaired) electrons. The summed E-state index contributed by atoms with van der Waals surface area (Å²) in [5.74, 6) is -1.06. The lowest BCUT2D eigenvalue weighted by Crippen LogP contribution is -2.59. The third-order valence-corrected chi connectivity index (χ3v) is 3.40. The normalized spacial score (nSPS) is 27.5. The van der Waals surface area contributed by atoms with Gasteiger partial charge in [-0.1, -0.05) is 0 Å². The molecular formula is C9H16ClNO3. The van der Waals surface area contributed by atoms with Crippen LogP contribution in [0.1, 0.15) is 25.7 Å². The molecule has 0 aromatic heterocycles. The Hall–Kier alpha value is -0.320. The van der Waals surface area contributed by atoms with Gasteiger partial charge in [0.1, 0.15) is 0 Å². The maximum absolute atomic E-state index is 10.7. The van der Waals surface area contributed by atoms with E-state index in [0.29, 0.717) is 12.8 Å². The van der Waals surface area contributed by atoms with E-state index >= 15 is 0 Å². The van der Waals surface area contributed by atoms with Crippen LogP contribution in [0.3, 0.4) is 0 Å². The smallest absolute Gasteiger partial charge is 0.335 e. The molecule has 1 saturated heterocycles. The van der Waals surface area contributed by atoms with Gasteiger partial charge in [0, 0.05) is 0 Å². The number of hydrogen-bond donors (Lipinski definition) is 3. The predicted molar refractivity (Wildman–Crippen MR) is 53.6 cm³/mol. The molecule has 0 aromatic rings. The quantitative estimate of drug-likeness (QED) is 0.599. The second-order valence-electron chi connectivity index (χ2n) is 4.44. The molecule has 0 bridgehead atoms. The topological polar surface area (TPSA) is 69.6 Å². The summed E-state index contributed by atoms with van der Waals surface area (Å²) in [6.45, 7) is 1.91. The summed E-state index contributed by atoms with van der Waals surface area (Å²) in [7, 11) is 0. The maximum atomic E-state index is 10.7. The van der Waals surface area contributed by atoms with Crippen LogP contribution in [-0.2, 0) is 4.79 Å². The predicted octanol–water partition coefficient (Wildman–Crippen LogP) is 0.387. The van der Waals surface area contributed by atoms with E-state index < -0.39 is 11.6 Å². The molecule has 1 spiro atoms. The van der Waals surface area contributed by atoms with E-state index in [4.69, 9.17) is 5.11 Å². The van der Waals surface area contributed by atoms with E-state index in [9.17, 15) is 9.90 Å². The van der Waals surface area contributed by atoms with Gasteiger partial charge in [-0.2, -0.15) is 0 Å². The van der Waals surface area contributed by atoms with Crippen LogP contribution in [0, 0.1) is 5.41 Å². The molecule has 1 heterocycles. The van der Waals surface area contributed by atoms with Crippen molar-refractivity contribution < 1.29 is 15.0 Å². The van der Waals surface area contributed by atoms with Crippen molar-refractivity contribution in [3.05, 3.63) is 0 Å². The van der Waals surface area contributed by atoms with Crippen LogP contribution in [0.15, 0.2) is 0 Å². The van der Waals surface area contributed by atoms with Crippen molar-refractivity contribution in [3.63, 3.8) is 0 Å². The number of aliphatic hydroxyl groups is 1. The third kappa shape index (κ3) is 1.74. The average Bonchev–Trinajstić information content (AvgIpc) is 2.03. The first kappa shape index (κ1) is 11.8. The summed E-state index contributed by atoms with van der Waals surface area (Å²) in [4.78, 5) is 10.7. The standard InChI is InChI=1S/C9H15NO3.ClH/c11-7(12)9(13)5-8(6-9)1-3-10-4-2-8;/h10,13H,1-6H2,(H,11,12);1H. The van der Waals surface area contributed by atoms with Gasteiger partial charge >= 0.3 is 5.97 Å². The van der Waals surface area contributed by atoms with Gasteiger partial charge in [-0.3, -0.25) is 0 Å². The molecule has 0 unspecified atom stereocenters. The van der Waals surface area contributed by atoms with Crippen molar-refractivity contribution in [1.29, 1.82) is 0 Å². The van der Waals surface area contributed by atoms with E-state index in [-0.39, 0.29) is 17.8 Å². The largest absolute Gasteiger partial charge is 0.479 e. The highest BCUT2D eigenvalue weighted by Gasteiger charge is 2.57. The van der Waals surface area contributed by atoms with Crippen LogP contribution in [-0.4, -0.2) is 34.9 Å². The number of piperidine rings is 1. The Labute approximate surface area is 89.1 Å². The van der Waals surface area contributed by atoms with Gasteiger partial charge in [0.05, 0.1) is 0 Å². The van der Waals surface area contributed by atoms with E-state index in [1.54, 1.807) is 0 Å². The fraction of sp³-hybridized carbons (Fsp3) is 0.889. The second-order valence-corrected chi connectivity index (χ2v) is 4.44. The third-order valence-electron chi connectivity index (χ3n) is 3.40. The molecule has 1 aliphatic heterocycles. The Morgan fingerprint density at radius 3 is 2.14 bits per heavy atom. The van der Waals surface area contributed by atoms with E-state index in [0.717, 1.165) is 25.9 Å². The van der Waals surface area contributed by atoms with Crippen LogP contribution in [0.2, 0.25) is 0 Å². The molecule has 0 aromatic carbocycles. The lowest BCUT2D eigenvalue weighted by atomic mass is 9.55. The molecule has 1 saturated carbocycles. The van der Waals surface area contributed by atoms with Gasteiger partial charge in [-0.05, 0) is 44.2 Å². The van der Waals surface area contributed by atoms with Gasteiger partial charge in [0.25, 0.3) is 0 Å². The summed E-state index contributed by atoms with van der Waals surface area (Å²) >= 11 is 0. The highest BCUT2D eigenvalue weighted by atomic mass is 35.5. The van der Waals surface area contributed by atoms with Crippen LogP contribution in [0.5, 0.6) is 0 Å². The van der Waals surface area contributed by atoms with Gasteiger partial charge < -0.3 is 15.5 Å². The minimum Gasteiger partial charge on any atom is -0.479 e. The summed E-state index contributed by atoms with van der Waals surface area (Å²) < 4.78 is 0. The summed E-state index contributed by atoms with van der Waals surface area (Å²) in [6, 6.07) is 0. The minimum absolute atomic E-state index is 0. The molecule has 3 N–H and O–H groups in total. The number of carboxylic acid groups (broad SMARTS) is 1. The zero-order chi connectivity index (χ0) is 9.53. The molecule has 0 amide bonds. The highest BCUT2D eigenvalue weighted by molar-refractivity contribution is 5.85. The summed E-state index contributed by atoms with van der Waals surface area (Å²) in [5, 5.41) is 21.6. The first-order chi connectivity index (χ1) is 6.06. The Kier molecular flexibility index (Phi) is 3.09. The monoisotopic (exact) mass is 221 g/mol. The average molecular weight is 222 g/mol.